The van der Waals surface area contributed by atoms with Crippen molar-refractivity contribution >= 4 is 11.5 Å². The SMILES string of the molecule is CN(c1cccc(CN)c1)c1cnccn1. The lowest BCUT2D eigenvalue weighted by Gasteiger charge is -2.18. The predicted octanol–water partition coefficient (Wildman–Crippen LogP) is 1.70. The van der Waals surface area contributed by atoms with Gasteiger partial charge < -0.3 is 10.6 Å². The first kappa shape index (κ1) is 10.6. The van der Waals surface area contributed by atoms with Gasteiger partial charge >= 0.3 is 0 Å². The molecule has 82 valence electrons. The molecule has 0 aliphatic heterocycles. The summed E-state index contributed by atoms with van der Waals surface area (Å²) in [6.45, 7) is 0.544. The van der Waals surface area contributed by atoms with Crippen LogP contribution < -0.4 is 10.6 Å². The highest BCUT2D eigenvalue weighted by atomic mass is 15.2. The topological polar surface area (TPSA) is 55.0 Å². The monoisotopic (exact) mass is 214 g/mol. The Bertz CT molecular complexity index is 456. The summed E-state index contributed by atoms with van der Waals surface area (Å²) < 4.78 is 0. The molecule has 0 radical (unpaired) electrons. The zero-order valence-electron chi connectivity index (χ0n) is 9.17. The first-order chi connectivity index (χ1) is 7.81. The summed E-state index contributed by atoms with van der Waals surface area (Å²) in [4.78, 5) is 10.3. The molecule has 2 rings (SSSR count). The number of nitrogens with zero attached hydrogens (tertiary/aromatic N) is 3. The number of anilines is 2. The summed E-state index contributed by atoms with van der Waals surface area (Å²) in [6.07, 6.45) is 5.07. The lowest BCUT2D eigenvalue weighted by atomic mass is 10.2. The number of hydrogen-bond acceptors (Lipinski definition) is 4. The molecule has 0 saturated heterocycles. The molecular weight excluding hydrogens is 200 g/mol. The molecule has 0 bridgehead atoms. The van der Waals surface area contributed by atoms with Crippen LogP contribution in [0.2, 0.25) is 0 Å². The van der Waals surface area contributed by atoms with Crippen LogP contribution in [-0.4, -0.2) is 17.0 Å². The number of rotatable bonds is 3. The molecule has 2 aromatic rings. The zero-order chi connectivity index (χ0) is 11.4. The number of nitrogens with two attached hydrogens (primary N) is 1. The molecule has 0 amide bonds. The average Bonchev–Trinajstić information content (AvgIpc) is 2.39. The van der Waals surface area contributed by atoms with Crippen LogP contribution in [0.5, 0.6) is 0 Å². The van der Waals surface area contributed by atoms with E-state index >= 15 is 0 Å². The molecule has 1 aromatic carbocycles. The summed E-state index contributed by atoms with van der Waals surface area (Å²) in [7, 11) is 1.96. The second-order valence-corrected chi connectivity index (χ2v) is 3.50. The average molecular weight is 214 g/mol. The van der Waals surface area contributed by atoms with E-state index in [0.717, 1.165) is 17.1 Å². The van der Waals surface area contributed by atoms with E-state index in [4.69, 9.17) is 5.73 Å². The Labute approximate surface area is 94.8 Å². The van der Waals surface area contributed by atoms with Gasteiger partial charge in [0.1, 0.15) is 0 Å². The highest BCUT2D eigenvalue weighted by Gasteiger charge is 2.04. The van der Waals surface area contributed by atoms with Crippen molar-refractivity contribution in [3.63, 3.8) is 0 Å². The standard InChI is InChI=1S/C12H14N4/c1-16(12-9-14-5-6-15-12)11-4-2-3-10(7-11)8-13/h2-7,9H,8,13H2,1H3. The lowest BCUT2D eigenvalue weighted by Crippen LogP contribution is -2.11. The Morgan fingerprint density at radius 2 is 2.19 bits per heavy atom. The fraction of sp³-hybridized carbons (Fsp3) is 0.167. The van der Waals surface area contributed by atoms with Crippen molar-refractivity contribution < 1.29 is 0 Å². The van der Waals surface area contributed by atoms with E-state index in [9.17, 15) is 0 Å². The lowest BCUT2D eigenvalue weighted by molar-refractivity contribution is 1.05. The first-order valence-corrected chi connectivity index (χ1v) is 5.10. The molecule has 0 fully saturated rings. The molecule has 16 heavy (non-hydrogen) atoms. The third kappa shape index (κ3) is 2.17. The quantitative estimate of drug-likeness (QED) is 0.845. The number of aromatic nitrogens is 2. The largest absolute Gasteiger partial charge is 0.328 e. The maximum absolute atomic E-state index is 5.61. The molecule has 1 heterocycles. The van der Waals surface area contributed by atoms with Crippen molar-refractivity contribution in [3.05, 3.63) is 48.4 Å². The zero-order valence-corrected chi connectivity index (χ0v) is 9.17. The molecule has 0 aliphatic carbocycles. The van der Waals surface area contributed by atoms with Gasteiger partial charge in [-0.05, 0) is 17.7 Å². The van der Waals surface area contributed by atoms with Crippen molar-refractivity contribution in [2.45, 2.75) is 6.54 Å². The van der Waals surface area contributed by atoms with Gasteiger partial charge in [0.2, 0.25) is 0 Å². The van der Waals surface area contributed by atoms with E-state index in [1.807, 2.05) is 30.1 Å². The number of benzene rings is 1. The van der Waals surface area contributed by atoms with Crippen molar-refractivity contribution in [3.8, 4) is 0 Å². The molecular formula is C12H14N4. The van der Waals surface area contributed by atoms with Crippen LogP contribution >= 0.6 is 0 Å². The van der Waals surface area contributed by atoms with E-state index in [-0.39, 0.29) is 0 Å². The molecule has 0 spiro atoms. The molecule has 4 heteroatoms. The second kappa shape index (κ2) is 4.72. The minimum absolute atomic E-state index is 0.544. The summed E-state index contributed by atoms with van der Waals surface area (Å²) in [5.41, 5.74) is 7.77. The Balaban J connectivity index is 2.30. The predicted molar refractivity (Wildman–Crippen MR) is 64.4 cm³/mol. The van der Waals surface area contributed by atoms with Crippen molar-refractivity contribution in [1.82, 2.24) is 9.97 Å². The van der Waals surface area contributed by atoms with E-state index < -0.39 is 0 Å². The highest BCUT2D eigenvalue weighted by molar-refractivity contribution is 5.58. The summed E-state index contributed by atoms with van der Waals surface area (Å²) in [5, 5.41) is 0. The Morgan fingerprint density at radius 3 is 2.88 bits per heavy atom. The van der Waals surface area contributed by atoms with Crippen LogP contribution in [-0.2, 0) is 6.54 Å². The maximum atomic E-state index is 5.61. The third-order valence-corrected chi connectivity index (χ3v) is 2.43. The minimum Gasteiger partial charge on any atom is -0.328 e. The number of hydrogen-bond donors (Lipinski definition) is 1. The van der Waals surface area contributed by atoms with Crippen molar-refractivity contribution in [1.29, 1.82) is 0 Å². The van der Waals surface area contributed by atoms with Crippen LogP contribution in [0.1, 0.15) is 5.56 Å². The van der Waals surface area contributed by atoms with Crippen LogP contribution in [0.3, 0.4) is 0 Å². The Kier molecular flexibility index (Phi) is 3.12. The molecule has 1 aromatic heterocycles. The van der Waals surface area contributed by atoms with E-state index in [1.165, 1.54) is 0 Å². The summed E-state index contributed by atoms with van der Waals surface area (Å²) in [5.74, 6) is 0.816. The van der Waals surface area contributed by atoms with Crippen LogP contribution in [0.4, 0.5) is 11.5 Å². The van der Waals surface area contributed by atoms with Gasteiger partial charge in [-0.25, -0.2) is 4.98 Å². The van der Waals surface area contributed by atoms with Gasteiger partial charge in [0.15, 0.2) is 5.82 Å². The Morgan fingerprint density at radius 1 is 1.31 bits per heavy atom. The van der Waals surface area contributed by atoms with Gasteiger partial charge in [-0.3, -0.25) is 4.98 Å². The molecule has 0 unspecified atom stereocenters. The van der Waals surface area contributed by atoms with Gasteiger partial charge in [0.05, 0.1) is 6.20 Å². The van der Waals surface area contributed by atoms with Gasteiger partial charge in [0, 0.05) is 31.7 Å². The van der Waals surface area contributed by atoms with Gasteiger partial charge in [-0.1, -0.05) is 12.1 Å². The van der Waals surface area contributed by atoms with Crippen molar-refractivity contribution in [2.75, 3.05) is 11.9 Å². The van der Waals surface area contributed by atoms with E-state index in [2.05, 4.69) is 16.0 Å². The third-order valence-electron chi connectivity index (χ3n) is 2.43. The van der Waals surface area contributed by atoms with Crippen LogP contribution in [0, 0.1) is 0 Å². The van der Waals surface area contributed by atoms with Crippen molar-refractivity contribution in [2.24, 2.45) is 5.73 Å². The van der Waals surface area contributed by atoms with Gasteiger partial charge in [-0.2, -0.15) is 0 Å². The first-order valence-electron chi connectivity index (χ1n) is 5.10. The van der Waals surface area contributed by atoms with Crippen LogP contribution in [0.25, 0.3) is 0 Å². The summed E-state index contributed by atoms with van der Waals surface area (Å²) in [6, 6.07) is 8.07. The molecule has 0 atom stereocenters. The van der Waals surface area contributed by atoms with Crippen LogP contribution in [0.15, 0.2) is 42.9 Å². The van der Waals surface area contributed by atoms with E-state index in [0.29, 0.717) is 6.54 Å². The second-order valence-electron chi connectivity index (χ2n) is 3.50. The summed E-state index contributed by atoms with van der Waals surface area (Å²) >= 11 is 0. The maximum Gasteiger partial charge on any atom is 0.151 e. The smallest absolute Gasteiger partial charge is 0.151 e. The van der Waals surface area contributed by atoms with Gasteiger partial charge in [-0.15, -0.1) is 0 Å². The molecule has 4 nitrogen and oxygen atoms in total. The van der Waals surface area contributed by atoms with E-state index in [1.54, 1.807) is 18.6 Å². The normalized spacial score (nSPS) is 10.1. The fourth-order valence-corrected chi connectivity index (χ4v) is 1.49. The van der Waals surface area contributed by atoms with Gasteiger partial charge in [0.25, 0.3) is 0 Å². The fourth-order valence-electron chi connectivity index (χ4n) is 1.49. The minimum atomic E-state index is 0.544. The highest BCUT2D eigenvalue weighted by Crippen LogP contribution is 2.21. The molecule has 0 saturated carbocycles. The molecule has 2 N–H and O–H groups in total. The Hall–Kier alpha value is -1.94. The molecule has 0 aliphatic rings.